The van der Waals surface area contributed by atoms with Crippen molar-refractivity contribution in [3.8, 4) is 39.9 Å². The molecule has 4 heterocycles. The molecule has 0 saturated heterocycles. The van der Waals surface area contributed by atoms with Crippen molar-refractivity contribution in [2.24, 2.45) is 0 Å². The van der Waals surface area contributed by atoms with Gasteiger partial charge in [-0.15, -0.1) is 11.3 Å². The molecule has 0 bridgehead atoms. The number of hydrogen-bond donors (Lipinski definition) is 0. The summed E-state index contributed by atoms with van der Waals surface area (Å²) in [4.78, 5) is 15.3. The summed E-state index contributed by atoms with van der Waals surface area (Å²) in [6.45, 7) is 0. The van der Waals surface area contributed by atoms with E-state index < -0.39 is 0 Å². The predicted octanol–water partition coefficient (Wildman–Crippen LogP) is 12.2. The minimum absolute atomic E-state index is 0.567. The van der Waals surface area contributed by atoms with E-state index in [2.05, 4.69) is 126 Å². The van der Waals surface area contributed by atoms with Crippen molar-refractivity contribution < 1.29 is 4.42 Å². The van der Waals surface area contributed by atoms with E-state index in [9.17, 15) is 0 Å². The van der Waals surface area contributed by atoms with E-state index in [4.69, 9.17) is 19.4 Å². The van der Waals surface area contributed by atoms with E-state index in [1.165, 1.54) is 30.9 Å². The Morgan fingerprint density at radius 3 is 1.78 bits per heavy atom. The van der Waals surface area contributed by atoms with E-state index in [-0.39, 0.29) is 0 Å². The van der Waals surface area contributed by atoms with Crippen molar-refractivity contribution in [3.63, 3.8) is 0 Å². The molecule has 4 aromatic heterocycles. The Morgan fingerprint density at radius 1 is 0.412 bits per heavy atom. The van der Waals surface area contributed by atoms with Gasteiger partial charge in [-0.3, -0.25) is 0 Å². The highest BCUT2D eigenvalue weighted by atomic mass is 32.1. The molecule has 0 aliphatic carbocycles. The maximum atomic E-state index is 6.96. The van der Waals surface area contributed by atoms with Crippen LogP contribution in [0.5, 0.6) is 0 Å². The fraction of sp³-hybridized carbons (Fsp3) is 0. The second-order valence-corrected chi connectivity index (χ2v) is 13.9. The standard InChI is InChI=1S/C45H26N4OS/c1-2-12-27(13-3-1)43-46-44(28-24-25-40-35(26-28)31-16-6-9-23-39(31)51-40)48-45(47-43)34-19-10-17-32-33-18-11-22-38(42(33)50-41(32)34)49-36-20-7-4-14-29(36)30-15-5-8-21-37(30)49/h1-26H. The molecule has 0 atom stereocenters. The van der Waals surface area contributed by atoms with Crippen LogP contribution in [0.15, 0.2) is 162 Å². The lowest BCUT2D eigenvalue weighted by molar-refractivity contribution is 0.667. The molecule has 6 heteroatoms. The van der Waals surface area contributed by atoms with Gasteiger partial charge in [0, 0.05) is 52.8 Å². The highest BCUT2D eigenvalue weighted by Crippen LogP contribution is 2.41. The summed E-state index contributed by atoms with van der Waals surface area (Å²) in [5.74, 6) is 1.80. The second-order valence-electron chi connectivity index (χ2n) is 12.8. The highest BCUT2D eigenvalue weighted by molar-refractivity contribution is 7.25. The number of hydrogen-bond acceptors (Lipinski definition) is 5. The number of benzene rings is 7. The molecule has 7 aromatic carbocycles. The normalized spacial score (nSPS) is 11.9. The molecule has 0 aliphatic heterocycles. The van der Waals surface area contributed by atoms with Gasteiger partial charge in [0.1, 0.15) is 5.58 Å². The topological polar surface area (TPSA) is 56.7 Å². The minimum Gasteiger partial charge on any atom is -0.453 e. The Labute approximate surface area is 295 Å². The van der Waals surface area contributed by atoms with Crippen molar-refractivity contribution >= 4 is 75.3 Å². The molecule has 0 fully saturated rings. The smallest absolute Gasteiger partial charge is 0.167 e. The van der Waals surface area contributed by atoms with Gasteiger partial charge in [-0.2, -0.15) is 0 Å². The first-order valence-electron chi connectivity index (χ1n) is 16.9. The van der Waals surface area contributed by atoms with Gasteiger partial charge >= 0.3 is 0 Å². The molecular formula is C45H26N4OS. The number of thiophene rings is 1. The van der Waals surface area contributed by atoms with Crippen molar-refractivity contribution in [2.75, 3.05) is 0 Å². The first-order valence-corrected chi connectivity index (χ1v) is 17.8. The Hall–Kier alpha value is -6.63. The molecule has 0 saturated carbocycles. The third-order valence-corrected chi connectivity index (χ3v) is 11.0. The maximum absolute atomic E-state index is 6.96. The highest BCUT2D eigenvalue weighted by Gasteiger charge is 2.21. The summed E-state index contributed by atoms with van der Waals surface area (Å²) in [7, 11) is 0. The quantitative estimate of drug-likeness (QED) is 0.187. The van der Waals surface area contributed by atoms with Gasteiger partial charge in [-0.05, 0) is 48.5 Å². The Balaban J connectivity index is 1.15. The van der Waals surface area contributed by atoms with E-state index >= 15 is 0 Å². The van der Waals surface area contributed by atoms with Gasteiger partial charge in [-0.1, -0.05) is 109 Å². The Kier molecular flexibility index (Phi) is 6.05. The molecule has 0 amide bonds. The van der Waals surface area contributed by atoms with Crippen LogP contribution < -0.4 is 0 Å². The molecule has 0 unspecified atom stereocenters. The summed E-state index contributed by atoms with van der Waals surface area (Å²) in [5, 5.41) is 6.91. The maximum Gasteiger partial charge on any atom is 0.167 e. The Morgan fingerprint density at radius 2 is 1.00 bits per heavy atom. The van der Waals surface area contributed by atoms with Gasteiger partial charge in [0.2, 0.25) is 0 Å². The molecule has 5 nitrogen and oxygen atoms in total. The molecule has 0 N–H and O–H groups in total. The number of para-hydroxylation sites is 4. The Bertz CT molecular complexity index is 3100. The van der Waals surface area contributed by atoms with Crippen LogP contribution >= 0.6 is 11.3 Å². The zero-order chi connectivity index (χ0) is 33.5. The van der Waals surface area contributed by atoms with Crippen LogP contribution in [0.2, 0.25) is 0 Å². The number of rotatable bonds is 4. The predicted molar refractivity (Wildman–Crippen MR) is 211 cm³/mol. The number of nitrogens with zero attached hydrogens (tertiary/aromatic N) is 4. The lowest BCUT2D eigenvalue weighted by Crippen LogP contribution is -2.00. The first-order chi connectivity index (χ1) is 25.3. The lowest BCUT2D eigenvalue weighted by atomic mass is 10.1. The van der Waals surface area contributed by atoms with Crippen molar-refractivity contribution in [1.82, 2.24) is 19.5 Å². The molecular weight excluding hydrogens is 645 g/mol. The van der Waals surface area contributed by atoms with Crippen LogP contribution in [0, 0.1) is 0 Å². The second kappa shape index (κ2) is 10.9. The average molecular weight is 671 g/mol. The summed E-state index contributed by atoms with van der Waals surface area (Å²) in [6, 6.07) is 54.9. The van der Waals surface area contributed by atoms with Gasteiger partial charge in [-0.25, -0.2) is 15.0 Å². The van der Waals surface area contributed by atoms with Crippen LogP contribution in [0.25, 0.3) is 104 Å². The largest absolute Gasteiger partial charge is 0.453 e. The lowest BCUT2D eigenvalue weighted by Gasteiger charge is -2.09. The summed E-state index contributed by atoms with van der Waals surface area (Å²) >= 11 is 1.80. The van der Waals surface area contributed by atoms with Crippen molar-refractivity contribution in [1.29, 1.82) is 0 Å². The molecule has 238 valence electrons. The van der Waals surface area contributed by atoms with Crippen molar-refractivity contribution in [3.05, 3.63) is 158 Å². The fourth-order valence-corrected chi connectivity index (χ4v) is 8.63. The van der Waals surface area contributed by atoms with E-state index in [1.807, 2.05) is 36.4 Å². The summed E-state index contributed by atoms with van der Waals surface area (Å²) in [5.41, 5.74) is 7.51. The molecule has 0 aliphatic rings. The van der Waals surface area contributed by atoms with E-state index in [0.717, 1.165) is 55.3 Å². The van der Waals surface area contributed by atoms with Crippen LogP contribution in [0.4, 0.5) is 0 Å². The van der Waals surface area contributed by atoms with Gasteiger partial charge in [0.15, 0.2) is 23.1 Å². The van der Waals surface area contributed by atoms with Crippen LogP contribution in [-0.4, -0.2) is 19.5 Å². The molecule has 11 aromatic rings. The molecule has 51 heavy (non-hydrogen) atoms. The van der Waals surface area contributed by atoms with Gasteiger partial charge in [0.05, 0.1) is 22.3 Å². The third-order valence-electron chi connectivity index (χ3n) is 9.87. The van der Waals surface area contributed by atoms with E-state index in [1.54, 1.807) is 11.3 Å². The van der Waals surface area contributed by atoms with Crippen LogP contribution in [0.3, 0.4) is 0 Å². The van der Waals surface area contributed by atoms with E-state index in [0.29, 0.717) is 17.5 Å². The fourth-order valence-electron chi connectivity index (χ4n) is 7.55. The van der Waals surface area contributed by atoms with Gasteiger partial charge < -0.3 is 8.98 Å². The number of fused-ring (bicyclic) bond motifs is 9. The zero-order valence-corrected chi connectivity index (χ0v) is 27.9. The monoisotopic (exact) mass is 670 g/mol. The summed E-state index contributed by atoms with van der Waals surface area (Å²) in [6.07, 6.45) is 0. The van der Waals surface area contributed by atoms with Crippen LogP contribution in [0.1, 0.15) is 0 Å². The van der Waals surface area contributed by atoms with Crippen LogP contribution in [-0.2, 0) is 0 Å². The minimum atomic E-state index is 0.567. The zero-order valence-electron chi connectivity index (χ0n) is 27.1. The summed E-state index contributed by atoms with van der Waals surface area (Å²) < 4.78 is 11.8. The average Bonchev–Trinajstić information content (AvgIpc) is 3.87. The first kappa shape index (κ1) is 28.2. The third kappa shape index (κ3) is 4.30. The number of furan rings is 1. The molecule has 0 radical (unpaired) electrons. The van der Waals surface area contributed by atoms with Gasteiger partial charge in [0.25, 0.3) is 0 Å². The SMILES string of the molecule is c1ccc(-c2nc(-c3ccc4sc5ccccc5c4c3)nc(-c3cccc4c3oc3c(-n5c6ccccc6c6ccccc65)cccc34)n2)cc1. The number of aromatic nitrogens is 4. The molecule has 0 spiro atoms. The molecule has 11 rings (SSSR count). The van der Waals surface area contributed by atoms with Crippen molar-refractivity contribution in [2.45, 2.75) is 0 Å².